The maximum Gasteiger partial charge on any atom is 0.244 e. The van der Waals surface area contributed by atoms with E-state index in [2.05, 4.69) is 16.7 Å². The molecule has 0 bridgehead atoms. The van der Waals surface area contributed by atoms with E-state index < -0.39 is 5.92 Å². The highest BCUT2D eigenvalue weighted by Crippen LogP contribution is 2.31. The molecule has 3 aromatic rings. The largest absolute Gasteiger partial charge is 0.465 e. The summed E-state index contributed by atoms with van der Waals surface area (Å²) >= 11 is 6.38. The average Bonchev–Trinajstić information content (AvgIpc) is 3.29. The molecule has 2 aromatic carbocycles. The summed E-state index contributed by atoms with van der Waals surface area (Å²) in [6.45, 7) is 0.184. The first-order chi connectivity index (χ1) is 15.1. The predicted molar refractivity (Wildman–Crippen MR) is 119 cm³/mol. The number of carbonyl (C=O) groups is 2. The highest BCUT2D eigenvalue weighted by Gasteiger charge is 2.17. The highest BCUT2D eigenvalue weighted by atomic mass is 35.5. The van der Waals surface area contributed by atoms with Gasteiger partial charge in [-0.3, -0.25) is 9.59 Å². The predicted octanol–water partition coefficient (Wildman–Crippen LogP) is 4.75. The minimum absolute atomic E-state index is 0.102. The maximum atomic E-state index is 12.2. The van der Waals surface area contributed by atoms with Crippen LogP contribution in [0.15, 0.2) is 77.4 Å². The van der Waals surface area contributed by atoms with Gasteiger partial charge in [-0.25, -0.2) is 0 Å². The van der Waals surface area contributed by atoms with Crippen LogP contribution < -0.4 is 10.6 Å². The Balaban J connectivity index is 1.52. The van der Waals surface area contributed by atoms with Crippen molar-refractivity contribution >= 4 is 35.2 Å². The number of hydrogen-bond acceptors (Lipinski definition) is 4. The van der Waals surface area contributed by atoms with Gasteiger partial charge in [0.2, 0.25) is 11.8 Å². The molecule has 0 saturated heterocycles. The SMILES string of the molecule is N#CC(c1ccccc1)c1ccc(NC(=O)CCNC(=O)C=Cc2ccco2)cc1Cl. The third-order valence-corrected chi connectivity index (χ3v) is 4.78. The van der Waals surface area contributed by atoms with Crippen molar-refractivity contribution in [3.05, 3.63) is 94.9 Å². The van der Waals surface area contributed by atoms with Gasteiger partial charge in [0.25, 0.3) is 0 Å². The lowest BCUT2D eigenvalue weighted by atomic mass is 9.92. The molecular weight excluding hydrogens is 414 g/mol. The van der Waals surface area contributed by atoms with E-state index in [1.54, 1.807) is 36.4 Å². The quantitative estimate of drug-likeness (QED) is 0.501. The van der Waals surface area contributed by atoms with Crippen LogP contribution in [-0.4, -0.2) is 18.4 Å². The van der Waals surface area contributed by atoms with Crippen molar-refractivity contribution in [3.63, 3.8) is 0 Å². The number of anilines is 1. The van der Waals surface area contributed by atoms with Crippen molar-refractivity contribution in [2.75, 3.05) is 11.9 Å². The number of amides is 2. The van der Waals surface area contributed by atoms with Crippen molar-refractivity contribution in [2.24, 2.45) is 0 Å². The lowest BCUT2D eigenvalue weighted by Crippen LogP contribution is -2.26. The number of rotatable bonds is 8. The summed E-state index contributed by atoms with van der Waals surface area (Å²) in [5, 5.41) is 15.4. The zero-order valence-electron chi connectivity index (χ0n) is 16.5. The summed E-state index contributed by atoms with van der Waals surface area (Å²) in [5.74, 6) is -0.513. The van der Waals surface area contributed by atoms with E-state index in [-0.39, 0.29) is 24.8 Å². The molecule has 0 aliphatic carbocycles. The molecule has 0 spiro atoms. The minimum Gasteiger partial charge on any atom is -0.465 e. The first-order valence-electron chi connectivity index (χ1n) is 9.60. The fourth-order valence-electron chi connectivity index (χ4n) is 2.93. The molecule has 0 saturated carbocycles. The zero-order valence-corrected chi connectivity index (χ0v) is 17.3. The fourth-order valence-corrected chi connectivity index (χ4v) is 3.22. The molecule has 31 heavy (non-hydrogen) atoms. The molecule has 2 amide bonds. The number of furan rings is 1. The molecule has 0 aliphatic rings. The Labute approximate surface area is 185 Å². The molecule has 6 nitrogen and oxygen atoms in total. The molecule has 3 rings (SSSR count). The summed E-state index contributed by atoms with van der Waals surface area (Å²) in [5.41, 5.74) is 2.04. The number of nitriles is 1. The fraction of sp³-hybridized carbons (Fsp3) is 0.125. The molecule has 0 aliphatic heterocycles. The maximum absolute atomic E-state index is 12.2. The third kappa shape index (κ3) is 6.33. The molecule has 0 fully saturated rings. The summed E-state index contributed by atoms with van der Waals surface area (Å²) in [7, 11) is 0. The molecule has 1 heterocycles. The molecule has 2 N–H and O–H groups in total. The van der Waals surface area contributed by atoms with Crippen molar-refractivity contribution in [3.8, 4) is 6.07 Å². The van der Waals surface area contributed by atoms with E-state index in [4.69, 9.17) is 16.0 Å². The van der Waals surface area contributed by atoms with Crippen molar-refractivity contribution in [1.29, 1.82) is 5.26 Å². The van der Waals surface area contributed by atoms with Crippen molar-refractivity contribution < 1.29 is 14.0 Å². The Morgan fingerprint density at radius 3 is 2.61 bits per heavy atom. The molecule has 156 valence electrons. The molecule has 1 atom stereocenters. The summed E-state index contributed by atoms with van der Waals surface area (Å²) < 4.78 is 5.10. The number of hydrogen-bond donors (Lipinski definition) is 2. The van der Waals surface area contributed by atoms with E-state index in [1.807, 2.05) is 30.3 Å². The second-order valence-electron chi connectivity index (χ2n) is 6.65. The first kappa shape index (κ1) is 21.9. The zero-order chi connectivity index (χ0) is 22.1. The number of nitrogens with one attached hydrogen (secondary N) is 2. The van der Waals surface area contributed by atoms with Gasteiger partial charge in [-0.15, -0.1) is 0 Å². The van der Waals surface area contributed by atoms with Crippen molar-refractivity contribution in [1.82, 2.24) is 5.32 Å². The first-order valence-corrected chi connectivity index (χ1v) is 9.98. The molecule has 7 heteroatoms. The van der Waals surface area contributed by atoms with Gasteiger partial charge in [0, 0.05) is 29.8 Å². The number of nitrogens with zero attached hydrogens (tertiary/aromatic N) is 1. The molecule has 1 aromatic heterocycles. The van der Waals surface area contributed by atoms with E-state index in [0.29, 0.717) is 22.0 Å². The number of halogens is 1. The monoisotopic (exact) mass is 433 g/mol. The topological polar surface area (TPSA) is 95.1 Å². The van der Waals surface area contributed by atoms with E-state index in [0.717, 1.165) is 5.56 Å². The number of benzene rings is 2. The van der Waals surface area contributed by atoms with Gasteiger partial charge in [-0.05, 0) is 41.5 Å². The second kappa shape index (κ2) is 10.8. The summed E-state index contributed by atoms with van der Waals surface area (Å²) in [6.07, 6.45) is 4.50. The van der Waals surface area contributed by atoms with Gasteiger partial charge in [-0.1, -0.05) is 48.0 Å². The Morgan fingerprint density at radius 1 is 1.13 bits per heavy atom. The van der Waals surface area contributed by atoms with Crippen LogP contribution in [-0.2, 0) is 9.59 Å². The van der Waals surface area contributed by atoms with Gasteiger partial charge >= 0.3 is 0 Å². The lowest BCUT2D eigenvalue weighted by molar-refractivity contribution is -0.117. The van der Waals surface area contributed by atoms with Gasteiger partial charge in [0.05, 0.1) is 18.3 Å². The van der Waals surface area contributed by atoms with Crippen LogP contribution in [0.3, 0.4) is 0 Å². The van der Waals surface area contributed by atoms with Crippen LogP contribution in [0, 0.1) is 11.3 Å². The standard InChI is InChI=1S/C24H20ClN3O3/c25-22-15-18(8-10-20(22)21(16-26)17-5-2-1-3-6-17)28-24(30)12-13-27-23(29)11-9-19-7-4-14-31-19/h1-11,14-15,21H,12-13H2,(H,27,29)(H,28,30). The Bertz CT molecular complexity index is 1100. The van der Waals surface area contributed by atoms with Gasteiger partial charge in [0.1, 0.15) is 5.76 Å². The molecular formula is C24H20ClN3O3. The molecule has 0 radical (unpaired) electrons. The Morgan fingerprint density at radius 2 is 1.94 bits per heavy atom. The van der Waals surface area contributed by atoms with E-state index >= 15 is 0 Å². The van der Waals surface area contributed by atoms with Gasteiger partial charge in [0.15, 0.2) is 0 Å². The van der Waals surface area contributed by atoms with Crippen LogP contribution in [0.1, 0.15) is 29.2 Å². The molecule has 1 unspecified atom stereocenters. The summed E-state index contributed by atoms with van der Waals surface area (Å²) in [4.78, 5) is 23.9. The van der Waals surface area contributed by atoms with Crippen LogP contribution >= 0.6 is 11.6 Å². The number of carbonyl (C=O) groups excluding carboxylic acids is 2. The Kier molecular flexibility index (Phi) is 7.63. The highest BCUT2D eigenvalue weighted by molar-refractivity contribution is 6.31. The van der Waals surface area contributed by atoms with Crippen LogP contribution in [0.5, 0.6) is 0 Å². The second-order valence-corrected chi connectivity index (χ2v) is 7.05. The normalized spacial score (nSPS) is 11.6. The van der Waals surface area contributed by atoms with Gasteiger partial charge < -0.3 is 15.1 Å². The minimum atomic E-state index is -0.497. The average molecular weight is 434 g/mol. The van der Waals surface area contributed by atoms with Crippen molar-refractivity contribution in [2.45, 2.75) is 12.3 Å². The van der Waals surface area contributed by atoms with Gasteiger partial charge in [-0.2, -0.15) is 5.26 Å². The summed E-state index contributed by atoms with van der Waals surface area (Å²) in [6, 6.07) is 20.2. The smallest absolute Gasteiger partial charge is 0.244 e. The third-order valence-electron chi connectivity index (χ3n) is 4.45. The van der Waals surface area contributed by atoms with E-state index in [9.17, 15) is 14.9 Å². The lowest BCUT2D eigenvalue weighted by Gasteiger charge is -2.13. The van der Waals surface area contributed by atoms with Crippen LogP contribution in [0.4, 0.5) is 5.69 Å². The van der Waals surface area contributed by atoms with E-state index in [1.165, 1.54) is 12.3 Å². The van der Waals surface area contributed by atoms with Crippen LogP contribution in [0.2, 0.25) is 5.02 Å². The Hall–Kier alpha value is -3.82. The van der Waals surface area contributed by atoms with Crippen LogP contribution in [0.25, 0.3) is 6.08 Å².